The molecule has 0 N–H and O–H groups in total. The van der Waals surface area contributed by atoms with Crippen molar-refractivity contribution in [3.63, 3.8) is 0 Å². The van der Waals surface area contributed by atoms with Crippen LogP contribution in [-0.2, 0) is 11.8 Å². The zero-order chi connectivity index (χ0) is 11.4. The third-order valence-corrected chi connectivity index (χ3v) is 2.00. The first kappa shape index (κ1) is 11.5. The Morgan fingerprint density at radius 2 is 2.27 bits per heavy atom. The summed E-state index contributed by atoms with van der Waals surface area (Å²) < 4.78 is 12.1. The van der Waals surface area contributed by atoms with Crippen LogP contribution in [0.25, 0.3) is 0 Å². The Morgan fingerprint density at radius 3 is 2.80 bits per heavy atom. The molecule has 0 aliphatic carbocycles. The van der Waals surface area contributed by atoms with Crippen LogP contribution in [-0.4, -0.2) is 29.6 Å². The van der Waals surface area contributed by atoms with Gasteiger partial charge < -0.3 is 9.47 Å². The Kier molecular flexibility index (Phi) is 3.69. The first-order valence-corrected chi connectivity index (χ1v) is 4.69. The molecule has 0 saturated heterocycles. The maximum Gasteiger partial charge on any atom is 0.230 e. The van der Waals surface area contributed by atoms with Crippen molar-refractivity contribution in [3.8, 4) is 11.9 Å². The molecule has 5 nitrogen and oxygen atoms in total. The fraction of sp³-hybridized carbons (Fsp3) is 0.600. The van der Waals surface area contributed by atoms with Crippen molar-refractivity contribution in [3.05, 3.63) is 11.3 Å². The minimum atomic E-state index is -0.100. The number of methoxy groups -OCH3 is 1. The summed E-state index contributed by atoms with van der Waals surface area (Å²) in [5.41, 5.74) is 1.17. The molecular weight excluding hydrogens is 194 g/mol. The Labute approximate surface area is 89.2 Å². The minimum absolute atomic E-state index is 0.100. The van der Waals surface area contributed by atoms with Gasteiger partial charge in [-0.25, -0.2) is 4.68 Å². The standard InChI is InChI=1S/C10H15N3O2/c1-7(6-14-4)15-10-9(5-11)8(2)12-13(10)3/h7H,6H2,1-4H3. The highest BCUT2D eigenvalue weighted by Gasteiger charge is 2.16. The van der Waals surface area contributed by atoms with Gasteiger partial charge in [-0.15, -0.1) is 0 Å². The molecule has 0 aliphatic rings. The molecule has 0 bridgehead atoms. The van der Waals surface area contributed by atoms with Crippen LogP contribution in [0.1, 0.15) is 18.2 Å². The highest BCUT2D eigenvalue weighted by molar-refractivity contribution is 5.42. The summed E-state index contributed by atoms with van der Waals surface area (Å²) in [6, 6.07) is 2.08. The van der Waals surface area contributed by atoms with Crippen molar-refractivity contribution in [2.24, 2.45) is 7.05 Å². The van der Waals surface area contributed by atoms with Crippen LogP contribution >= 0.6 is 0 Å². The van der Waals surface area contributed by atoms with Gasteiger partial charge in [0.15, 0.2) is 0 Å². The van der Waals surface area contributed by atoms with Crippen LogP contribution in [0.3, 0.4) is 0 Å². The van der Waals surface area contributed by atoms with Gasteiger partial charge in [-0.2, -0.15) is 10.4 Å². The summed E-state index contributed by atoms with van der Waals surface area (Å²) in [4.78, 5) is 0. The second-order valence-electron chi connectivity index (χ2n) is 3.38. The van der Waals surface area contributed by atoms with E-state index in [0.29, 0.717) is 23.7 Å². The zero-order valence-corrected chi connectivity index (χ0v) is 9.44. The Hall–Kier alpha value is -1.54. The van der Waals surface area contributed by atoms with Gasteiger partial charge in [0.1, 0.15) is 17.7 Å². The Bertz CT molecular complexity index is 379. The van der Waals surface area contributed by atoms with Gasteiger partial charge in [0.05, 0.1) is 12.3 Å². The van der Waals surface area contributed by atoms with E-state index in [1.54, 1.807) is 25.8 Å². The van der Waals surface area contributed by atoms with E-state index in [0.717, 1.165) is 0 Å². The van der Waals surface area contributed by atoms with Crippen LogP contribution < -0.4 is 4.74 Å². The predicted octanol–water partition coefficient (Wildman–Crippen LogP) is 1.01. The maximum atomic E-state index is 8.94. The number of rotatable bonds is 4. The molecule has 1 rings (SSSR count). The van der Waals surface area contributed by atoms with E-state index in [1.807, 2.05) is 6.92 Å². The summed E-state index contributed by atoms with van der Waals surface area (Å²) in [7, 11) is 3.36. The monoisotopic (exact) mass is 209 g/mol. The second kappa shape index (κ2) is 4.80. The molecule has 0 saturated carbocycles. The van der Waals surface area contributed by atoms with Gasteiger partial charge in [-0.05, 0) is 13.8 Å². The molecule has 0 spiro atoms. The van der Waals surface area contributed by atoms with Crippen LogP contribution in [0, 0.1) is 18.3 Å². The van der Waals surface area contributed by atoms with E-state index in [4.69, 9.17) is 14.7 Å². The molecule has 1 aromatic heterocycles. The maximum absolute atomic E-state index is 8.94. The Morgan fingerprint density at radius 1 is 1.60 bits per heavy atom. The van der Waals surface area contributed by atoms with Gasteiger partial charge in [-0.1, -0.05) is 0 Å². The van der Waals surface area contributed by atoms with Gasteiger partial charge in [0.25, 0.3) is 0 Å². The largest absolute Gasteiger partial charge is 0.471 e. The topological polar surface area (TPSA) is 60.1 Å². The number of hydrogen-bond acceptors (Lipinski definition) is 4. The highest BCUT2D eigenvalue weighted by atomic mass is 16.5. The summed E-state index contributed by atoms with van der Waals surface area (Å²) in [5.74, 6) is 0.500. The van der Waals surface area contributed by atoms with E-state index < -0.39 is 0 Å². The van der Waals surface area contributed by atoms with Crippen LogP contribution in [0.4, 0.5) is 0 Å². The average Bonchev–Trinajstić information content (AvgIpc) is 2.42. The lowest BCUT2D eigenvalue weighted by Gasteiger charge is -2.13. The van der Waals surface area contributed by atoms with E-state index in [2.05, 4.69) is 11.2 Å². The molecule has 1 atom stereocenters. The first-order valence-electron chi connectivity index (χ1n) is 4.69. The lowest BCUT2D eigenvalue weighted by atomic mass is 10.3. The van der Waals surface area contributed by atoms with Crippen molar-refractivity contribution in [1.82, 2.24) is 9.78 Å². The van der Waals surface area contributed by atoms with Crippen molar-refractivity contribution in [1.29, 1.82) is 5.26 Å². The zero-order valence-electron chi connectivity index (χ0n) is 9.44. The lowest BCUT2D eigenvalue weighted by molar-refractivity contribution is 0.0857. The van der Waals surface area contributed by atoms with Gasteiger partial charge >= 0.3 is 0 Å². The van der Waals surface area contributed by atoms with Crippen LogP contribution in [0.5, 0.6) is 5.88 Å². The van der Waals surface area contributed by atoms with Crippen molar-refractivity contribution in [2.45, 2.75) is 20.0 Å². The van der Waals surface area contributed by atoms with Crippen molar-refractivity contribution < 1.29 is 9.47 Å². The van der Waals surface area contributed by atoms with E-state index in [1.165, 1.54) is 0 Å². The molecule has 5 heteroatoms. The fourth-order valence-corrected chi connectivity index (χ4v) is 1.36. The van der Waals surface area contributed by atoms with Crippen LogP contribution in [0.2, 0.25) is 0 Å². The number of ether oxygens (including phenoxy) is 2. The minimum Gasteiger partial charge on any atom is -0.471 e. The molecule has 1 heterocycles. The van der Waals surface area contributed by atoms with Gasteiger partial charge in [-0.3, -0.25) is 0 Å². The second-order valence-corrected chi connectivity index (χ2v) is 3.38. The SMILES string of the molecule is COCC(C)Oc1c(C#N)c(C)nn1C. The molecule has 1 unspecified atom stereocenters. The Balaban J connectivity index is 2.89. The highest BCUT2D eigenvalue weighted by Crippen LogP contribution is 2.21. The number of nitrogens with zero attached hydrogens (tertiary/aromatic N) is 3. The molecule has 0 aliphatic heterocycles. The third-order valence-electron chi connectivity index (χ3n) is 2.00. The van der Waals surface area contributed by atoms with E-state index >= 15 is 0 Å². The molecule has 0 fully saturated rings. The van der Waals surface area contributed by atoms with Gasteiger partial charge in [0.2, 0.25) is 5.88 Å². The van der Waals surface area contributed by atoms with Gasteiger partial charge in [0, 0.05) is 14.2 Å². The molecule has 0 aromatic carbocycles. The molecular formula is C10H15N3O2. The summed E-state index contributed by atoms with van der Waals surface area (Å²) in [6.07, 6.45) is -0.100. The van der Waals surface area contributed by atoms with Crippen molar-refractivity contribution in [2.75, 3.05) is 13.7 Å². The summed E-state index contributed by atoms with van der Waals surface area (Å²) in [6.45, 7) is 4.15. The number of aromatic nitrogens is 2. The van der Waals surface area contributed by atoms with E-state index in [9.17, 15) is 0 Å². The molecule has 15 heavy (non-hydrogen) atoms. The molecule has 82 valence electrons. The lowest BCUT2D eigenvalue weighted by Crippen LogP contribution is -2.19. The first-order chi connectivity index (χ1) is 7.10. The number of nitriles is 1. The van der Waals surface area contributed by atoms with Crippen LogP contribution in [0.15, 0.2) is 0 Å². The molecule has 0 radical (unpaired) electrons. The molecule has 0 amide bonds. The smallest absolute Gasteiger partial charge is 0.230 e. The molecule has 1 aromatic rings. The predicted molar refractivity (Wildman–Crippen MR) is 54.6 cm³/mol. The average molecular weight is 209 g/mol. The third kappa shape index (κ3) is 2.48. The quantitative estimate of drug-likeness (QED) is 0.742. The number of aryl methyl sites for hydroxylation is 2. The summed E-state index contributed by atoms with van der Waals surface area (Å²) in [5, 5.41) is 13.1. The van der Waals surface area contributed by atoms with Crippen molar-refractivity contribution >= 4 is 0 Å². The van der Waals surface area contributed by atoms with E-state index in [-0.39, 0.29) is 6.10 Å². The summed E-state index contributed by atoms with van der Waals surface area (Å²) >= 11 is 0. The normalized spacial score (nSPS) is 12.2. The number of hydrogen-bond donors (Lipinski definition) is 0. The fourth-order valence-electron chi connectivity index (χ4n) is 1.36.